The van der Waals surface area contributed by atoms with E-state index in [0.29, 0.717) is 17.8 Å². The van der Waals surface area contributed by atoms with Crippen molar-refractivity contribution in [2.24, 2.45) is 28.6 Å². The zero-order valence-electron chi connectivity index (χ0n) is 34.7. The molecule has 3 nitrogen and oxygen atoms in total. The molecule has 0 aromatic heterocycles. The molecule has 0 bridgehead atoms. The number of carbonyl (C=O) groups is 1. The average Bonchev–Trinajstić information content (AvgIpc) is 3.66. The van der Waals surface area contributed by atoms with Gasteiger partial charge in [0.05, 0.1) is 11.5 Å². The lowest BCUT2D eigenvalue weighted by molar-refractivity contribution is -0.127. The van der Waals surface area contributed by atoms with Gasteiger partial charge < -0.3 is 13.6 Å². The van der Waals surface area contributed by atoms with Gasteiger partial charge in [0, 0.05) is 6.10 Å². The van der Waals surface area contributed by atoms with E-state index in [1.807, 2.05) is 0 Å². The number of benzene rings is 6. The zero-order chi connectivity index (χ0) is 40.6. The maximum atomic E-state index is 13.8. The molecule has 10 rings (SSSR count). The van der Waals surface area contributed by atoms with Crippen LogP contribution in [-0.2, 0) is 13.6 Å². The second kappa shape index (κ2) is 16.2. The van der Waals surface area contributed by atoms with Crippen molar-refractivity contribution in [3.8, 4) is 0 Å². The van der Waals surface area contributed by atoms with Crippen molar-refractivity contribution in [2.75, 3.05) is 0 Å². The minimum atomic E-state index is -2.89. The second-order valence-electron chi connectivity index (χ2n) is 18.3. The van der Waals surface area contributed by atoms with E-state index in [1.165, 1.54) is 43.0 Å². The third-order valence-electron chi connectivity index (χ3n) is 15.5. The molecule has 0 unspecified atom stereocenters. The first-order valence-corrected chi connectivity index (χ1v) is 26.2. The topological polar surface area (TPSA) is 35.5 Å². The van der Waals surface area contributed by atoms with Crippen LogP contribution in [0, 0.1) is 28.6 Å². The van der Waals surface area contributed by atoms with Crippen LogP contribution in [0.3, 0.4) is 0 Å². The Kier molecular flexibility index (Phi) is 10.6. The van der Waals surface area contributed by atoms with E-state index in [1.54, 1.807) is 0 Å². The van der Waals surface area contributed by atoms with Crippen molar-refractivity contribution in [1.82, 2.24) is 0 Å². The first kappa shape index (κ1) is 39.2. The van der Waals surface area contributed by atoms with E-state index < -0.39 is 22.0 Å². The molecule has 0 heterocycles. The predicted octanol–water partition coefficient (Wildman–Crippen LogP) is 8.23. The number of hydrogen-bond acceptors (Lipinski definition) is 3. The summed E-state index contributed by atoms with van der Waals surface area (Å²) < 4.78 is 15.7. The van der Waals surface area contributed by atoms with Crippen molar-refractivity contribution >= 4 is 54.0 Å². The van der Waals surface area contributed by atoms with E-state index in [4.69, 9.17) is 8.85 Å². The van der Waals surface area contributed by atoms with E-state index in [0.717, 1.165) is 51.4 Å². The Morgan fingerprint density at radius 2 is 0.917 bits per heavy atom. The molecule has 4 aliphatic carbocycles. The molecule has 6 aromatic rings. The predicted molar refractivity (Wildman–Crippen MR) is 250 cm³/mol. The normalized spacial score (nSPS) is 27.5. The van der Waals surface area contributed by atoms with Gasteiger partial charge in [-0.05, 0) is 106 Å². The molecule has 0 radical (unpaired) electrons. The smallest absolute Gasteiger partial charge is 0.288 e. The van der Waals surface area contributed by atoms with Crippen LogP contribution in [0.2, 0.25) is 0 Å². The van der Waals surface area contributed by atoms with E-state index in [9.17, 15) is 4.79 Å². The van der Waals surface area contributed by atoms with E-state index in [-0.39, 0.29) is 17.6 Å². The minimum absolute atomic E-state index is 0.0262. The molecular formula is C55H56O3Si2. The van der Waals surface area contributed by atoms with Crippen molar-refractivity contribution in [2.45, 2.75) is 70.5 Å². The lowest BCUT2D eigenvalue weighted by Gasteiger charge is -2.57. The van der Waals surface area contributed by atoms with Crippen molar-refractivity contribution < 1.29 is 13.6 Å². The number of hydrogen-bond donors (Lipinski definition) is 0. The van der Waals surface area contributed by atoms with Gasteiger partial charge in [-0.2, -0.15) is 0 Å². The van der Waals surface area contributed by atoms with Crippen LogP contribution in [0.25, 0.3) is 0 Å². The van der Waals surface area contributed by atoms with Crippen LogP contribution >= 0.6 is 0 Å². The Bertz CT molecular complexity index is 2220. The summed E-state index contributed by atoms with van der Waals surface area (Å²) in [6.07, 6.45) is 12.0. The van der Waals surface area contributed by atoms with Gasteiger partial charge in [-0.25, -0.2) is 0 Å². The summed E-state index contributed by atoms with van der Waals surface area (Å²) in [4.78, 5) is 13.8. The van der Waals surface area contributed by atoms with Crippen molar-refractivity contribution in [3.63, 3.8) is 0 Å². The van der Waals surface area contributed by atoms with Gasteiger partial charge in [0.25, 0.3) is 16.6 Å². The first-order chi connectivity index (χ1) is 29.5. The van der Waals surface area contributed by atoms with Crippen LogP contribution in [0.15, 0.2) is 194 Å². The Hall–Kier alpha value is -4.92. The van der Waals surface area contributed by atoms with Gasteiger partial charge in [-0.3, -0.25) is 0 Å². The quantitative estimate of drug-likeness (QED) is 0.0573. The third-order valence-corrected chi connectivity index (χ3v) is 23.7. The fourth-order valence-electron chi connectivity index (χ4n) is 12.7. The van der Waals surface area contributed by atoms with E-state index >= 15 is 0 Å². The summed E-state index contributed by atoms with van der Waals surface area (Å²) in [7, 11) is -5.78. The molecule has 0 aliphatic heterocycles. The number of rotatable bonds is 11. The highest BCUT2D eigenvalue weighted by atomic mass is 28.4. The van der Waals surface area contributed by atoms with Crippen LogP contribution < -0.4 is 31.1 Å². The molecule has 3 fully saturated rings. The summed E-state index contributed by atoms with van der Waals surface area (Å²) in [5.74, 6) is 1.33. The molecule has 60 heavy (non-hydrogen) atoms. The Balaban J connectivity index is 0.967. The van der Waals surface area contributed by atoms with Gasteiger partial charge in [0.1, 0.15) is 6.29 Å². The van der Waals surface area contributed by atoms with Gasteiger partial charge in [-0.15, -0.1) is 0 Å². The molecule has 4 aliphatic rings. The summed E-state index contributed by atoms with van der Waals surface area (Å²) in [5, 5.41) is 7.67. The Labute approximate surface area is 358 Å². The second-order valence-corrected chi connectivity index (χ2v) is 24.9. The summed E-state index contributed by atoms with van der Waals surface area (Å²) in [6.45, 7) is 2.55. The van der Waals surface area contributed by atoms with Crippen LogP contribution in [-0.4, -0.2) is 35.1 Å². The molecule has 0 amide bonds. The lowest BCUT2D eigenvalue weighted by atomic mass is 9.48. The Morgan fingerprint density at radius 3 is 1.33 bits per heavy atom. The first-order valence-electron chi connectivity index (χ1n) is 22.4. The monoisotopic (exact) mass is 820 g/mol. The highest BCUT2D eigenvalue weighted by molar-refractivity contribution is 7.07. The SMILES string of the molecule is C[C@]12CC[C@H]3[C@@H](CC=C4C[C@@H](O[Si](c5ccccc5)(c5ccccc5)c5ccccc5)CC[C@@]43C=O)[C@@H]1CC[C@@H]2O[Si](c1ccccc1)(c1ccccc1)c1ccccc1. The molecule has 302 valence electrons. The largest absolute Gasteiger partial charge is 0.401 e. The molecule has 0 saturated heterocycles. The molecular weight excluding hydrogens is 765 g/mol. The molecule has 3 saturated carbocycles. The number of allylic oxidation sites excluding steroid dienone is 1. The summed E-state index contributed by atoms with van der Waals surface area (Å²) in [6, 6.07) is 66.0. The molecule has 7 atom stereocenters. The highest BCUT2D eigenvalue weighted by Crippen LogP contribution is 2.65. The number of carbonyl (C=O) groups excluding carboxylic acids is 1. The number of aldehydes is 1. The molecule has 5 heteroatoms. The third kappa shape index (κ3) is 6.39. The number of fused-ring (bicyclic) bond motifs is 5. The molecule has 6 aromatic carbocycles. The summed E-state index contributed by atoms with van der Waals surface area (Å²) >= 11 is 0. The van der Waals surface area contributed by atoms with Crippen molar-refractivity contribution in [1.29, 1.82) is 0 Å². The zero-order valence-corrected chi connectivity index (χ0v) is 36.7. The lowest BCUT2D eigenvalue weighted by Crippen LogP contribution is -2.71. The fourth-order valence-corrected chi connectivity index (χ4v) is 21.0. The average molecular weight is 821 g/mol. The van der Waals surface area contributed by atoms with Gasteiger partial charge >= 0.3 is 0 Å². The van der Waals surface area contributed by atoms with Crippen LogP contribution in [0.1, 0.15) is 58.3 Å². The summed E-state index contributed by atoms with van der Waals surface area (Å²) in [5.41, 5.74) is 0.945. The van der Waals surface area contributed by atoms with Gasteiger partial charge in [0.2, 0.25) is 0 Å². The standard InChI is InChI=1S/C55H56O3Si2/c1-54-38-37-52-50(51(54)34-35-53(54)58-60(47-26-14-5-15-27-47,48-28-16-6-17-29-48)49-30-18-7-19-31-49)33-32-42-40-43(36-39-55(42,52)41-56)57-59(44-20-8-2-9-21-44,45-22-10-3-11-23-45)46-24-12-4-13-25-46/h2-32,41,43,50-53H,33-40H2,1H3/t43-,50-,51-,52-,53-,54-,55+/m0/s1. The molecule has 0 N–H and O–H groups in total. The van der Waals surface area contributed by atoms with Crippen LogP contribution in [0.4, 0.5) is 0 Å². The van der Waals surface area contributed by atoms with Gasteiger partial charge in [0.15, 0.2) is 0 Å². The minimum Gasteiger partial charge on any atom is -0.401 e. The molecule has 0 spiro atoms. The van der Waals surface area contributed by atoms with Crippen LogP contribution in [0.5, 0.6) is 0 Å². The fraction of sp³-hybridized carbons (Fsp3) is 0.291. The van der Waals surface area contributed by atoms with Crippen molar-refractivity contribution in [3.05, 3.63) is 194 Å². The maximum absolute atomic E-state index is 13.8. The maximum Gasteiger partial charge on any atom is 0.288 e. The Morgan fingerprint density at radius 1 is 0.500 bits per heavy atom. The highest BCUT2D eigenvalue weighted by Gasteiger charge is 2.62. The van der Waals surface area contributed by atoms with Gasteiger partial charge in [-0.1, -0.05) is 201 Å². The van der Waals surface area contributed by atoms with E-state index in [2.05, 4.69) is 195 Å².